The monoisotopic (exact) mass is 476 g/mol. The second kappa shape index (κ2) is 15.3. The lowest BCUT2D eigenvalue weighted by Gasteiger charge is -2.32. The fourth-order valence-electron chi connectivity index (χ4n) is 3.97. The van der Waals surface area contributed by atoms with Gasteiger partial charge in [0.15, 0.2) is 6.10 Å². The molecule has 0 aromatic rings. The van der Waals surface area contributed by atoms with E-state index in [0.29, 0.717) is 12.3 Å². The Morgan fingerprint density at radius 2 is 1.91 bits per heavy atom. The van der Waals surface area contributed by atoms with Gasteiger partial charge in [0.2, 0.25) is 0 Å². The zero-order chi connectivity index (χ0) is 25.7. The van der Waals surface area contributed by atoms with Crippen LogP contribution in [0.15, 0.2) is 47.6 Å². The molecule has 5 unspecified atom stereocenters. The van der Waals surface area contributed by atoms with Gasteiger partial charge in [-0.25, -0.2) is 9.59 Å². The summed E-state index contributed by atoms with van der Waals surface area (Å²) in [4.78, 5) is 35.2. The van der Waals surface area contributed by atoms with Crippen molar-refractivity contribution >= 4 is 17.9 Å². The van der Waals surface area contributed by atoms with E-state index in [1.807, 2.05) is 19.9 Å². The molecule has 0 saturated heterocycles. The van der Waals surface area contributed by atoms with E-state index in [0.717, 1.165) is 18.4 Å². The molecule has 34 heavy (non-hydrogen) atoms. The molecule has 1 heterocycles. The van der Waals surface area contributed by atoms with Crippen LogP contribution in [0.2, 0.25) is 0 Å². The number of hydrogen-bond acceptors (Lipinski definition) is 7. The SMILES string of the molecule is CC=C(C)CC(C)CC(C)C1OC(=O)C=CC1OC(=O)C=CC(C)=CC(CO)CCOC(C)=O. The first-order valence-corrected chi connectivity index (χ1v) is 11.9. The Balaban J connectivity index is 2.73. The van der Waals surface area contributed by atoms with Crippen LogP contribution in [0, 0.1) is 17.8 Å². The highest BCUT2D eigenvalue weighted by atomic mass is 16.6. The Bertz CT molecular complexity index is 806. The molecule has 1 N–H and O–H groups in total. The number of carbonyl (C=O) groups is 3. The quantitative estimate of drug-likeness (QED) is 0.138. The molecule has 7 nitrogen and oxygen atoms in total. The highest BCUT2D eigenvalue weighted by Crippen LogP contribution is 2.28. The lowest BCUT2D eigenvalue weighted by atomic mass is 9.86. The smallest absolute Gasteiger partial charge is 0.331 e. The van der Waals surface area contributed by atoms with Crippen molar-refractivity contribution in [3.63, 3.8) is 0 Å². The van der Waals surface area contributed by atoms with Crippen LogP contribution in [0.1, 0.15) is 60.8 Å². The molecule has 0 bridgehead atoms. The highest BCUT2D eigenvalue weighted by molar-refractivity contribution is 5.85. The number of rotatable bonds is 13. The summed E-state index contributed by atoms with van der Waals surface area (Å²) in [6, 6.07) is 0. The van der Waals surface area contributed by atoms with Crippen LogP contribution in [0.5, 0.6) is 0 Å². The summed E-state index contributed by atoms with van der Waals surface area (Å²) in [5.74, 6) is -1.12. The maximum absolute atomic E-state index is 12.4. The van der Waals surface area contributed by atoms with Crippen LogP contribution >= 0.6 is 0 Å². The normalized spacial score (nSPS) is 21.7. The molecule has 1 rings (SSSR count). The van der Waals surface area contributed by atoms with E-state index in [2.05, 4.69) is 19.9 Å². The van der Waals surface area contributed by atoms with E-state index in [1.165, 1.54) is 24.6 Å². The average Bonchev–Trinajstić information content (AvgIpc) is 2.77. The van der Waals surface area contributed by atoms with E-state index in [4.69, 9.17) is 14.2 Å². The largest absolute Gasteiger partial charge is 0.466 e. The first-order valence-electron chi connectivity index (χ1n) is 11.9. The lowest BCUT2D eigenvalue weighted by molar-refractivity contribution is -0.164. The van der Waals surface area contributed by atoms with E-state index >= 15 is 0 Å². The van der Waals surface area contributed by atoms with Gasteiger partial charge in [-0.2, -0.15) is 0 Å². The topological polar surface area (TPSA) is 99.1 Å². The summed E-state index contributed by atoms with van der Waals surface area (Å²) in [6.07, 6.45) is 10.8. The molecule has 1 aliphatic heterocycles. The number of aliphatic hydroxyl groups is 1. The summed E-state index contributed by atoms with van der Waals surface area (Å²) in [7, 11) is 0. The fraction of sp³-hybridized carbons (Fsp3) is 0.593. The molecule has 0 spiro atoms. The molecule has 0 fully saturated rings. The Kier molecular flexibility index (Phi) is 13.2. The van der Waals surface area contributed by atoms with Gasteiger partial charge in [0.25, 0.3) is 0 Å². The van der Waals surface area contributed by atoms with Crippen molar-refractivity contribution in [2.45, 2.75) is 73.0 Å². The number of carbonyl (C=O) groups excluding carboxylic acids is 3. The van der Waals surface area contributed by atoms with Crippen molar-refractivity contribution in [1.29, 1.82) is 0 Å². The summed E-state index contributed by atoms with van der Waals surface area (Å²) in [5.41, 5.74) is 2.08. The molecular weight excluding hydrogens is 436 g/mol. The predicted octanol–water partition coefficient (Wildman–Crippen LogP) is 4.46. The first kappa shape index (κ1) is 29.4. The first-order chi connectivity index (χ1) is 16.0. The van der Waals surface area contributed by atoms with Gasteiger partial charge in [0.1, 0.15) is 6.10 Å². The Hall–Kier alpha value is -2.67. The fourth-order valence-corrected chi connectivity index (χ4v) is 3.97. The second-order valence-electron chi connectivity index (χ2n) is 9.13. The van der Waals surface area contributed by atoms with Crippen LogP contribution in [-0.2, 0) is 28.6 Å². The van der Waals surface area contributed by atoms with Crippen LogP contribution in [0.4, 0.5) is 0 Å². The number of ether oxygens (including phenoxy) is 3. The van der Waals surface area contributed by atoms with Crippen molar-refractivity contribution in [1.82, 2.24) is 0 Å². The molecule has 0 aromatic carbocycles. The minimum atomic E-state index is -0.655. The van der Waals surface area contributed by atoms with Crippen molar-refractivity contribution in [3.8, 4) is 0 Å². The molecule has 1 aliphatic rings. The van der Waals surface area contributed by atoms with Gasteiger partial charge >= 0.3 is 17.9 Å². The van der Waals surface area contributed by atoms with Gasteiger partial charge in [-0.15, -0.1) is 0 Å². The average molecular weight is 477 g/mol. The lowest BCUT2D eigenvalue weighted by Crippen LogP contribution is -2.41. The van der Waals surface area contributed by atoms with Gasteiger partial charge in [-0.1, -0.05) is 43.2 Å². The summed E-state index contributed by atoms with van der Waals surface area (Å²) in [6.45, 7) is 11.5. The zero-order valence-corrected chi connectivity index (χ0v) is 21.3. The van der Waals surface area contributed by atoms with Crippen LogP contribution in [0.3, 0.4) is 0 Å². The van der Waals surface area contributed by atoms with Crippen LogP contribution < -0.4 is 0 Å². The predicted molar refractivity (Wildman–Crippen MR) is 131 cm³/mol. The minimum absolute atomic E-state index is 0.0134. The van der Waals surface area contributed by atoms with Crippen LogP contribution in [0.25, 0.3) is 0 Å². The third kappa shape index (κ3) is 11.5. The number of allylic oxidation sites excluding steroid dienone is 4. The molecular formula is C27H40O7. The highest BCUT2D eigenvalue weighted by Gasteiger charge is 2.34. The zero-order valence-electron chi connectivity index (χ0n) is 21.3. The van der Waals surface area contributed by atoms with Crippen molar-refractivity contribution in [2.24, 2.45) is 17.8 Å². The van der Waals surface area contributed by atoms with Gasteiger partial charge in [0, 0.05) is 31.6 Å². The molecule has 190 valence electrons. The number of aliphatic hydroxyl groups excluding tert-OH is 1. The molecule has 0 aliphatic carbocycles. The summed E-state index contributed by atoms with van der Waals surface area (Å²) >= 11 is 0. The van der Waals surface area contributed by atoms with Gasteiger partial charge in [-0.3, -0.25) is 4.79 Å². The number of cyclic esters (lactones) is 1. The molecule has 0 radical (unpaired) electrons. The van der Waals surface area contributed by atoms with E-state index < -0.39 is 24.1 Å². The minimum Gasteiger partial charge on any atom is -0.466 e. The molecule has 0 amide bonds. The Morgan fingerprint density at radius 1 is 1.21 bits per heavy atom. The molecule has 0 aromatic heterocycles. The van der Waals surface area contributed by atoms with Crippen molar-refractivity contribution in [3.05, 3.63) is 47.6 Å². The summed E-state index contributed by atoms with van der Waals surface area (Å²) in [5, 5.41) is 9.51. The maximum atomic E-state index is 12.4. The third-order valence-electron chi connectivity index (χ3n) is 5.76. The molecule has 0 saturated carbocycles. The second-order valence-corrected chi connectivity index (χ2v) is 9.13. The Morgan fingerprint density at radius 3 is 2.53 bits per heavy atom. The van der Waals surface area contributed by atoms with Gasteiger partial charge < -0.3 is 19.3 Å². The van der Waals surface area contributed by atoms with E-state index in [9.17, 15) is 19.5 Å². The number of hydrogen-bond donors (Lipinski definition) is 1. The van der Waals surface area contributed by atoms with Crippen molar-refractivity contribution < 1.29 is 33.7 Å². The van der Waals surface area contributed by atoms with E-state index in [1.54, 1.807) is 19.1 Å². The van der Waals surface area contributed by atoms with Gasteiger partial charge in [0.05, 0.1) is 6.61 Å². The molecule has 7 heteroatoms. The summed E-state index contributed by atoms with van der Waals surface area (Å²) < 4.78 is 16.0. The molecule has 5 atom stereocenters. The number of esters is 3. The maximum Gasteiger partial charge on any atom is 0.331 e. The van der Waals surface area contributed by atoms with E-state index in [-0.39, 0.29) is 31.0 Å². The third-order valence-corrected chi connectivity index (χ3v) is 5.76. The van der Waals surface area contributed by atoms with Gasteiger partial charge in [-0.05, 0) is 57.9 Å². The van der Waals surface area contributed by atoms with Crippen LogP contribution in [-0.4, -0.2) is 48.4 Å². The standard InChI is InChI=1S/C27H40O7/c1-7-18(2)14-20(4)15-21(5)27-24(9-11-26(31)34-27)33-25(30)10-8-19(3)16-23(17-28)12-13-32-22(6)29/h7-11,16,20-21,23-24,27-28H,12-15,17H2,1-6H3. The Labute approximate surface area is 203 Å². The van der Waals surface area contributed by atoms with Crippen molar-refractivity contribution in [2.75, 3.05) is 13.2 Å².